The maximum atomic E-state index is 8.97. The number of nitriles is 1. The number of hydrogen-bond acceptors (Lipinski definition) is 3. The molecule has 0 saturated carbocycles. The maximum Gasteiger partial charge on any atom is 0.311 e. The lowest BCUT2D eigenvalue weighted by atomic mass is 10.0. The third kappa shape index (κ3) is 8.87. The van der Waals surface area contributed by atoms with Crippen LogP contribution in [0.4, 0.5) is 0 Å². The molecule has 0 aromatic heterocycles. The molecule has 0 heterocycles. The number of nitrogens with zero attached hydrogens (tertiary/aromatic N) is 1. The van der Waals surface area contributed by atoms with E-state index in [2.05, 4.69) is 76.5 Å². The highest BCUT2D eigenvalue weighted by Crippen LogP contribution is 2.27. The number of rotatable bonds is 11. The highest BCUT2D eigenvalue weighted by molar-refractivity contribution is 6.87. The lowest BCUT2D eigenvalue weighted by molar-refractivity contribution is 0.387. The van der Waals surface area contributed by atoms with E-state index in [4.69, 9.17) is 13.5 Å². The Kier molecular flexibility index (Phi) is 9.04. The summed E-state index contributed by atoms with van der Waals surface area (Å²) in [7, 11) is -5.75. The fourth-order valence-corrected chi connectivity index (χ4v) is 18.5. The van der Waals surface area contributed by atoms with Gasteiger partial charge >= 0.3 is 8.56 Å². The van der Waals surface area contributed by atoms with E-state index in [-0.39, 0.29) is 0 Å². The van der Waals surface area contributed by atoms with Gasteiger partial charge in [0.2, 0.25) is 0 Å². The summed E-state index contributed by atoms with van der Waals surface area (Å²) in [4.78, 5) is 0. The predicted molar refractivity (Wildman–Crippen MR) is 139 cm³/mol. The Morgan fingerprint density at radius 2 is 1.26 bits per heavy atom. The molecular weight excluding hydrogens is 431 g/mol. The Labute approximate surface area is 192 Å². The van der Waals surface area contributed by atoms with Gasteiger partial charge in [-0.2, -0.15) is 5.26 Å². The highest BCUT2D eigenvalue weighted by Gasteiger charge is 2.39. The van der Waals surface area contributed by atoms with Gasteiger partial charge in [-0.3, -0.25) is 0 Å². The summed E-state index contributed by atoms with van der Waals surface area (Å²) in [6.45, 7) is 16.0. The van der Waals surface area contributed by atoms with Crippen molar-refractivity contribution in [2.45, 2.75) is 77.6 Å². The van der Waals surface area contributed by atoms with Crippen molar-refractivity contribution in [1.29, 1.82) is 5.26 Å². The Morgan fingerprint density at radius 3 is 1.77 bits per heavy atom. The SMILES string of the molecule is CCCCC[Si](C)(C)O[Si](C)(C)O[Si](C)(C)Cc1ccc(-c2ccc(C#N)cc2)cc1. The molecule has 2 rings (SSSR count). The first-order valence-electron chi connectivity index (χ1n) is 11.5. The van der Waals surface area contributed by atoms with E-state index in [1.807, 2.05) is 24.3 Å². The standard InChI is InChI=1S/C25H39NO2Si3/c1-8-9-10-19-29(2,3)27-31(6,7)28-30(4,5)21-23-13-17-25(18-14-23)24-15-11-22(20-26)12-16-24/h11-18H,8-10,19,21H2,1-7H3. The minimum atomic E-state index is -2.16. The summed E-state index contributed by atoms with van der Waals surface area (Å²) < 4.78 is 13.5. The van der Waals surface area contributed by atoms with Crippen LogP contribution >= 0.6 is 0 Å². The second-order valence-electron chi connectivity index (χ2n) is 10.1. The minimum Gasteiger partial charge on any atom is -0.437 e. The van der Waals surface area contributed by atoms with Gasteiger partial charge in [0, 0.05) is 0 Å². The van der Waals surface area contributed by atoms with Gasteiger partial charge in [-0.15, -0.1) is 0 Å². The van der Waals surface area contributed by atoms with Crippen molar-refractivity contribution in [2.24, 2.45) is 0 Å². The third-order valence-electron chi connectivity index (χ3n) is 5.36. The quantitative estimate of drug-likeness (QED) is 0.251. The summed E-state index contributed by atoms with van der Waals surface area (Å²) in [6.07, 6.45) is 3.82. The van der Waals surface area contributed by atoms with Crippen molar-refractivity contribution in [3.63, 3.8) is 0 Å². The third-order valence-corrected chi connectivity index (χ3v) is 16.5. The Balaban J connectivity index is 1.99. The van der Waals surface area contributed by atoms with Crippen LogP contribution in [-0.2, 0) is 14.3 Å². The van der Waals surface area contributed by atoms with Crippen molar-refractivity contribution in [2.75, 3.05) is 0 Å². The van der Waals surface area contributed by atoms with Gasteiger partial charge in [0.1, 0.15) is 0 Å². The molecule has 0 N–H and O–H groups in total. The molecule has 0 fully saturated rings. The number of unbranched alkanes of at least 4 members (excludes halogenated alkanes) is 2. The zero-order valence-corrected chi connectivity index (χ0v) is 23.4. The van der Waals surface area contributed by atoms with Gasteiger partial charge in [-0.1, -0.05) is 62.6 Å². The summed E-state index contributed by atoms with van der Waals surface area (Å²) in [5.74, 6) is 0. The van der Waals surface area contributed by atoms with Crippen molar-refractivity contribution in [3.05, 3.63) is 59.7 Å². The molecule has 0 aliphatic carbocycles. The second-order valence-corrected chi connectivity index (χ2v) is 22.5. The van der Waals surface area contributed by atoms with E-state index in [1.165, 1.54) is 36.4 Å². The van der Waals surface area contributed by atoms with Gasteiger partial charge in [0.05, 0.1) is 11.6 Å². The topological polar surface area (TPSA) is 42.2 Å². The fourth-order valence-electron chi connectivity index (χ4n) is 4.28. The summed E-state index contributed by atoms with van der Waals surface area (Å²) in [5, 5.41) is 8.97. The molecule has 168 valence electrons. The van der Waals surface area contributed by atoms with Crippen molar-refractivity contribution >= 4 is 25.2 Å². The highest BCUT2D eigenvalue weighted by atomic mass is 28.5. The first-order chi connectivity index (χ1) is 14.5. The molecular formula is C25H39NO2Si3. The number of hydrogen-bond donors (Lipinski definition) is 0. The zero-order chi connectivity index (χ0) is 23.1. The van der Waals surface area contributed by atoms with Crippen LogP contribution in [-0.4, -0.2) is 25.2 Å². The second kappa shape index (κ2) is 10.9. The molecule has 0 amide bonds. The molecule has 3 nitrogen and oxygen atoms in total. The molecule has 0 aliphatic rings. The normalized spacial score (nSPS) is 12.6. The average Bonchev–Trinajstić information content (AvgIpc) is 2.66. The predicted octanol–water partition coefficient (Wildman–Crippen LogP) is 7.64. The first-order valence-corrected chi connectivity index (χ1v) is 20.5. The Bertz CT molecular complexity index is 869. The van der Waals surface area contributed by atoms with Gasteiger partial charge in [-0.05, 0) is 80.2 Å². The molecule has 0 unspecified atom stereocenters. The largest absolute Gasteiger partial charge is 0.437 e. The smallest absolute Gasteiger partial charge is 0.311 e. The molecule has 31 heavy (non-hydrogen) atoms. The lowest BCUT2D eigenvalue weighted by Gasteiger charge is -2.39. The van der Waals surface area contributed by atoms with E-state index >= 15 is 0 Å². The van der Waals surface area contributed by atoms with Crippen molar-refractivity contribution in [3.8, 4) is 17.2 Å². The molecule has 2 aromatic carbocycles. The van der Waals surface area contributed by atoms with Crippen LogP contribution < -0.4 is 0 Å². The molecule has 0 bridgehead atoms. The Hall–Kier alpha value is -1.50. The minimum absolute atomic E-state index is 0.691. The van der Waals surface area contributed by atoms with Crippen LogP contribution in [0.25, 0.3) is 11.1 Å². The van der Waals surface area contributed by atoms with Crippen LogP contribution in [0.3, 0.4) is 0 Å². The van der Waals surface area contributed by atoms with Gasteiger partial charge < -0.3 is 8.23 Å². The van der Waals surface area contributed by atoms with E-state index in [1.54, 1.807) is 0 Å². The van der Waals surface area contributed by atoms with E-state index in [9.17, 15) is 0 Å². The van der Waals surface area contributed by atoms with Crippen LogP contribution in [0.1, 0.15) is 37.3 Å². The summed E-state index contributed by atoms with van der Waals surface area (Å²) >= 11 is 0. The van der Waals surface area contributed by atoms with Crippen LogP contribution in [0.5, 0.6) is 0 Å². The van der Waals surface area contributed by atoms with Crippen LogP contribution in [0.15, 0.2) is 48.5 Å². The van der Waals surface area contributed by atoms with Crippen molar-refractivity contribution in [1.82, 2.24) is 0 Å². The van der Waals surface area contributed by atoms with Gasteiger partial charge in [-0.25, -0.2) is 0 Å². The molecule has 0 atom stereocenters. The number of benzene rings is 2. The van der Waals surface area contributed by atoms with Gasteiger partial charge in [0.25, 0.3) is 0 Å². The van der Waals surface area contributed by atoms with Crippen LogP contribution in [0.2, 0.25) is 45.3 Å². The lowest BCUT2D eigenvalue weighted by Crippen LogP contribution is -2.53. The molecule has 0 saturated heterocycles. The molecule has 2 aromatic rings. The maximum absolute atomic E-state index is 8.97. The molecule has 0 aliphatic heterocycles. The molecule has 0 radical (unpaired) electrons. The first kappa shape index (κ1) is 25.8. The zero-order valence-electron chi connectivity index (χ0n) is 20.4. The van der Waals surface area contributed by atoms with E-state index in [0.29, 0.717) is 5.56 Å². The monoisotopic (exact) mass is 469 g/mol. The average molecular weight is 470 g/mol. The molecule has 0 spiro atoms. The summed E-state index contributed by atoms with van der Waals surface area (Å²) in [5.41, 5.74) is 4.32. The van der Waals surface area contributed by atoms with E-state index < -0.39 is 25.2 Å². The van der Waals surface area contributed by atoms with E-state index in [0.717, 1.165) is 11.6 Å². The Morgan fingerprint density at radius 1 is 0.742 bits per heavy atom. The van der Waals surface area contributed by atoms with Crippen molar-refractivity contribution < 1.29 is 8.23 Å². The fraction of sp³-hybridized carbons (Fsp3) is 0.480. The van der Waals surface area contributed by atoms with Gasteiger partial charge in [0.15, 0.2) is 16.6 Å². The summed E-state index contributed by atoms with van der Waals surface area (Å²) in [6, 6.07) is 20.9. The van der Waals surface area contributed by atoms with Crippen LogP contribution in [0, 0.1) is 11.3 Å². The molecule has 6 heteroatoms.